The second-order valence-corrected chi connectivity index (χ2v) is 9.43. The van der Waals surface area contributed by atoms with Gasteiger partial charge in [-0.2, -0.15) is 39.5 Å². The van der Waals surface area contributed by atoms with Gasteiger partial charge in [0, 0.05) is 11.1 Å². The maximum absolute atomic E-state index is 14.9. The van der Waals surface area contributed by atoms with Gasteiger partial charge in [-0.15, -0.1) is 0 Å². The summed E-state index contributed by atoms with van der Waals surface area (Å²) in [6.45, 7) is 0. The lowest BCUT2D eigenvalue weighted by Crippen LogP contribution is -2.49. The first-order chi connectivity index (χ1) is 20.6. The molecule has 1 saturated heterocycles. The van der Waals surface area contributed by atoms with Crippen LogP contribution in [-0.2, 0) is 20.9 Å². The van der Waals surface area contributed by atoms with Gasteiger partial charge >= 0.3 is 24.3 Å². The Labute approximate surface area is 243 Å². The van der Waals surface area contributed by atoms with Gasteiger partial charge in [0.1, 0.15) is 23.0 Å². The van der Waals surface area contributed by atoms with Crippen molar-refractivity contribution in [3.63, 3.8) is 0 Å². The Kier molecular flexibility index (Phi) is 7.79. The van der Waals surface area contributed by atoms with Crippen LogP contribution in [0.4, 0.5) is 39.5 Å². The summed E-state index contributed by atoms with van der Waals surface area (Å²) in [5.41, 5.74) is -6.51. The van der Waals surface area contributed by atoms with Crippen LogP contribution in [0.15, 0.2) is 121 Å². The summed E-state index contributed by atoms with van der Waals surface area (Å²) in [4.78, 5) is 0. The first kappa shape index (κ1) is 30.8. The summed E-state index contributed by atoms with van der Waals surface area (Å²) < 4.78 is 150. The average molecular weight is 626 g/mol. The van der Waals surface area contributed by atoms with Crippen LogP contribution in [-0.4, -0.2) is 18.5 Å². The van der Waals surface area contributed by atoms with Crippen molar-refractivity contribution >= 4 is 0 Å². The molecule has 44 heavy (non-hydrogen) atoms. The summed E-state index contributed by atoms with van der Waals surface area (Å²) in [5.74, 6) is -5.95. The minimum Gasteiger partial charge on any atom is -0.457 e. The van der Waals surface area contributed by atoms with Gasteiger partial charge in [0.25, 0.3) is 0 Å². The third kappa shape index (κ3) is 5.91. The molecule has 1 aliphatic heterocycles. The van der Waals surface area contributed by atoms with E-state index in [9.17, 15) is 39.5 Å². The third-order valence-corrected chi connectivity index (χ3v) is 6.42. The molecule has 4 aromatic carbocycles. The summed E-state index contributed by atoms with van der Waals surface area (Å²) in [5, 5.41) is 0. The second-order valence-electron chi connectivity index (χ2n) is 9.43. The van der Waals surface area contributed by atoms with Crippen LogP contribution in [0.25, 0.3) is 0 Å². The normalized spacial score (nSPS) is 21.6. The monoisotopic (exact) mass is 626 g/mol. The van der Waals surface area contributed by atoms with E-state index < -0.39 is 52.9 Å². The summed E-state index contributed by atoms with van der Waals surface area (Å²) in [7, 11) is 0. The molecule has 0 saturated carbocycles. The van der Waals surface area contributed by atoms with Crippen LogP contribution in [0.5, 0.6) is 23.0 Å². The standard InChI is InChI=1S/C31H19F9O4/c32-27(33,34)19-26-28(30(35,36)37,20-11-15-24(16-12-20)41-22-7-3-1-4-8-22)44-29(43-26,31(38,39)40)21-13-17-25(18-14-21)42-23-9-5-2-6-10-23/h1-19H/b26-19-. The summed E-state index contributed by atoms with van der Waals surface area (Å²) in [6, 6.07) is 22.5. The first-order valence-electron chi connectivity index (χ1n) is 12.6. The Morgan fingerprint density at radius 2 is 0.909 bits per heavy atom. The van der Waals surface area contributed by atoms with Gasteiger partial charge in [-0.1, -0.05) is 48.5 Å². The molecule has 13 heteroatoms. The molecule has 4 nitrogen and oxygen atoms in total. The van der Waals surface area contributed by atoms with Gasteiger partial charge in [0.15, 0.2) is 5.76 Å². The molecule has 1 heterocycles. The van der Waals surface area contributed by atoms with E-state index in [0.717, 1.165) is 24.3 Å². The molecule has 0 spiro atoms. The minimum atomic E-state index is -5.88. The molecular weight excluding hydrogens is 607 g/mol. The van der Waals surface area contributed by atoms with E-state index in [1.54, 1.807) is 36.4 Å². The molecule has 0 N–H and O–H groups in total. The zero-order valence-electron chi connectivity index (χ0n) is 22.0. The third-order valence-electron chi connectivity index (χ3n) is 6.42. The van der Waals surface area contributed by atoms with Crippen LogP contribution in [0.2, 0.25) is 0 Å². The highest BCUT2D eigenvalue weighted by atomic mass is 19.4. The van der Waals surface area contributed by atoms with Crippen molar-refractivity contribution in [1.82, 2.24) is 0 Å². The van der Waals surface area contributed by atoms with E-state index in [1.807, 2.05) is 0 Å². The Morgan fingerprint density at radius 1 is 0.500 bits per heavy atom. The Morgan fingerprint density at radius 3 is 1.30 bits per heavy atom. The number of ether oxygens (including phenoxy) is 4. The van der Waals surface area contributed by atoms with E-state index in [2.05, 4.69) is 4.74 Å². The maximum Gasteiger partial charge on any atom is 0.460 e. The molecule has 5 rings (SSSR count). The molecule has 1 fully saturated rings. The lowest BCUT2D eigenvalue weighted by Gasteiger charge is -2.34. The molecule has 230 valence electrons. The number of alkyl halides is 9. The second kappa shape index (κ2) is 11.1. The van der Waals surface area contributed by atoms with Gasteiger partial charge in [-0.25, -0.2) is 0 Å². The topological polar surface area (TPSA) is 36.9 Å². The van der Waals surface area contributed by atoms with Gasteiger partial charge in [0.05, 0.1) is 6.08 Å². The lowest BCUT2D eigenvalue weighted by atomic mass is 9.90. The van der Waals surface area contributed by atoms with E-state index in [1.165, 1.54) is 24.3 Å². The number of allylic oxidation sites excluding steroid dienone is 1. The van der Waals surface area contributed by atoms with Crippen molar-refractivity contribution in [2.24, 2.45) is 0 Å². The van der Waals surface area contributed by atoms with Crippen molar-refractivity contribution in [1.29, 1.82) is 0 Å². The number of hydrogen-bond donors (Lipinski definition) is 0. The highest BCUT2D eigenvalue weighted by molar-refractivity contribution is 5.43. The Hall–Kier alpha value is -4.65. The van der Waals surface area contributed by atoms with Gasteiger partial charge in [-0.3, -0.25) is 0 Å². The number of para-hydroxylation sites is 2. The fourth-order valence-corrected chi connectivity index (χ4v) is 4.50. The zero-order valence-corrected chi connectivity index (χ0v) is 22.0. The number of benzene rings is 4. The average Bonchev–Trinajstić information content (AvgIpc) is 3.31. The van der Waals surface area contributed by atoms with Crippen molar-refractivity contribution in [3.05, 3.63) is 132 Å². The van der Waals surface area contributed by atoms with Crippen LogP contribution in [0, 0.1) is 0 Å². The first-order valence-corrected chi connectivity index (χ1v) is 12.6. The lowest BCUT2D eigenvalue weighted by molar-refractivity contribution is -0.386. The van der Waals surface area contributed by atoms with Crippen LogP contribution < -0.4 is 9.47 Å². The van der Waals surface area contributed by atoms with E-state index >= 15 is 0 Å². The smallest absolute Gasteiger partial charge is 0.457 e. The molecule has 0 aliphatic carbocycles. The Bertz CT molecular complexity index is 1600. The molecule has 1 aliphatic rings. The van der Waals surface area contributed by atoms with Gasteiger partial charge in [0.2, 0.25) is 5.60 Å². The van der Waals surface area contributed by atoms with E-state index in [-0.39, 0.29) is 17.2 Å². The van der Waals surface area contributed by atoms with Crippen LogP contribution in [0.3, 0.4) is 0 Å². The number of hydrogen-bond acceptors (Lipinski definition) is 4. The van der Waals surface area contributed by atoms with E-state index in [4.69, 9.17) is 14.2 Å². The molecular formula is C31H19F9O4. The summed E-state index contributed by atoms with van der Waals surface area (Å²) in [6.07, 6.45) is -18.2. The highest BCUT2D eigenvalue weighted by Gasteiger charge is 2.77. The molecule has 4 aromatic rings. The van der Waals surface area contributed by atoms with Crippen LogP contribution >= 0.6 is 0 Å². The van der Waals surface area contributed by atoms with Crippen LogP contribution in [0.1, 0.15) is 11.1 Å². The Balaban J connectivity index is 1.62. The summed E-state index contributed by atoms with van der Waals surface area (Å²) >= 11 is 0. The molecule has 0 aromatic heterocycles. The quantitative estimate of drug-likeness (QED) is 0.200. The minimum absolute atomic E-state index is 0.0163. The van der Waals surface area contributed by atoms with Crippen molar-refractivity contribution in [3.8, 4) is 23.0 Å². The molecule has 0 bridgehead atoms. The molecule has 2 unspecified atom stereocenters. The largest absolute Gasteiger partial charge is 0.460 e. The number of halogens is 9. The predicted octanol–water partition coefficient (Wildman–Crippen LogP) is 9.94. The number of rotatable bonds is 6. The SMILES string of the molecule is FC(F)(F)/C=C1\OC(c2ccc(Oc3ccccc3)cc2)(C(F)(F)F)OC1(c1ccc(Oc2ccccc2)cc1)C(F)(F)F. The van der Waals surface area contributed by atoms with Crippen molar-refractivity contribution < 1.29 is 58.5 Å². The van der Waals surface area contributed by atoms with Gasteiger partial charge < -0.3 is 18.9 Å². The maximum atomic E-state index is 14.9. The molecule has 0 amide bonds. The molecule has 2 atom stereocenters. The van der Waals surface area contributed by atoms with Crippen molar-refractivity contribution in [2.75, 3.05) is 0 Å². The molecule has 0 radical (unpaired) electrons. The van der Waals surface area contributed by atoms with E-state index in [0.29, 0.717) is 30.0 Å². The zero-order chi connectivity index (χ0) is 31.8. The highest BCUT2D eigenvalue weighted by Crippen LogP contribution is 2.63. The predicted molar refractivity (Wildman–Crippen MR) is 138 cm³/mol. The fraction of sp³-hybridized carbons (Fsp3) is 0.161. The van der Waals surface area contributed by atoms with Crippen molar-refractivity contribution in [2.45, 2.75) is 29.9 Å². The van der Waals surface area contributed by atoms with Gasteiger partial charge in [-0.05, 0) is 60.7 Å². The fourth-order valence-electron chi connectivity index (χ4n) is 4.50.